The van der Waals surface area contributed by atoms with E-state index in [9.17, 15) is 14.4 Å². The maximum atomic E-state index is 13.2. The van der Waals surface area contributed by atoms with Crippen molar-refractivity contribution < 1.29 is 23.5 Å². The lowest BCUT2D eigenvalue weighted by atomic mass is 9.91. The molecule has 2 amide bonds. The number of hydrogen-bond donors (Lipinski definition) is 0. The van der Waals surface area contributed by atoms with Crippen LogP contribution < -0.4 is 0 Å². The summed E-state index contributed by atoms with van der Waals surface area (Å²) in [4.78, 5) is 41.1. The van der Waals surface area contributed by atoms with Crippen molar-refractivity contribution in [2.24, 2.45) is 0 Å². The minimum Gasteiger partial charge on any atom is -0.466 e. The molecule has 2 saturated heterocycles. The van der Waals surface area contributed by atoms with Gasteiger partial charge in [0, 0.05) is 26.6 Å². The Bertz CT molecular complexity index is 735. The molecule has 27 heavy (non-hydrogen) atoms. The summed E-state index contributed by atoms with van der Waals surface area (Å²) >= 11 is 0. The average Bonchev–Trinajstić information content (AvgIpc) is 3.33. The van der Waals surface area contributed by atoms with Crippen molar-refractivity contribution >= 4 is 17.8 Å². The Balaban J connectivity index is 1.87. The molecular weight excluding hydrogens is 348 g/mol. The number of esters is 1. The average molecular weight is 376 g/mol. The molecular formula is C20H28N2O5. The highest BCUT2D eigenvalue weighted by atomic mass is 16.5. The fourth-order valence-corrected chi connectivity index (χ4v) is 4.22. The highest BCUT2D eigenvalue weighted by molar-refractivity contribution is 5.96. The van der Waals surface area contributed by atoms with E-state index in [0.717, 1.165) is 32.4 Å². The quantitative estimate of drug-likeness (QED) is 0.738. The van der Waals surface area contributed by atoms with Gasteiger partial charge in [0.15, 0.2) is 0 Å². The second kappa shape index (κ2) is 7.74. The molecule has 1 atom stereocenters. The number of rotatable bonds is 5. The maximum Gasteiger partial charge on any atom is 0.302 e. The molecule has 2 aliphatic heterocycles. The number of amides is 2. The fraction of sp³-hybridized carbons (Fsp3) is 0.650. The number of furan rings is 1. The Hall–Kier alpha value is -2.31. The van der Waals surface area contributed by atoms with Crippen molar-refractivity contribution in [1.82, 2.24) is 9.80 Å². The lowest BCUT2D eigenvalue weighted by molar-refractivity contribution is -0.147. The first kappa shape index (κ1) is 19.5. The minimum atomic E-state index is -0.792. The third-order valence-corrected chi connectivity index (χ3v) is 5.60. The van der Waals surface area contributed by atoms with Crippen LogP contribution in [0.2, 0.25) is 0 Å². The van der Waals surface area contributed by atoms with E-state index in [4.69, 9.17) is 9.15 Å². The van der Waals surface area contributed by atoms with Crippen molar-refractivity contribution in [3.63, 3.8) is 0 Å². The van der Waals surface area contributed by atoms with Gasteiger partial charge in [-0.15, -0.1) is 0 Å². The Morgan fingerprint density at radius 1 is 1.15 bits per heavy atom. The zero-order valence-electron chi connectivity index (χ0n) is 16.4. The Kier molecular flexibility index (Phi) is 5.58. The monoisotopic (exact) mass is 376 g/mol. The van der Waals surface area contributed by atoms with Crippen molar-refractivity contribution in [2.45, 2.75) is 58.4 Å². The van der Waals surface area contributed by atoms with Crippen LogP contribution in [0.4, 0.5) is 0 Å². The van der Waals surface area contributed by atoms with Crippen LogP contribution in [-0.2, 0) is 14.3 Å². The maximum absolute atomic E-state index is 13.2. The Morgan fingerprint density at radius 3 is 2.44 bits per heavy atom. The molecule has 2 aliphatic rings. The number of ether oxygens (including phenoxy) is 1. The van der Waals surface area contributed by atoms with E-state index in [1.165, 1.54) is 6.92 Å². The van der Waals surface area contributed by atoms with Crippen LogP contribution in [-0.4, -0.2) is 59.4 Å². The van der Waals surface area contributed by atoms with E-state index in [2.05, 4.69) is 0 Å². The van der Waals surface area contributed by atoms with E-state index in [-0.39, 0.29) is 24.8 Å². The standard InChI is InChI=1S/C20H28N2O5/c1-14-11-17(15(2)27-14)19(25)22-10-6-7-20(22,13-26-16(3)23)12-18(24)21-8-4-5-9-21/h11H,4-10,12-13H2,1-3H3. The molecule has 3 rings (SSSR count). The molecule has 0 bridgehead atoms. The lowest BCUT2D eigenvalue weighted by Crippen LogP contribution is -2.53. The first-order valence-corrected chi connectivity index (χ1v) is 9.62. The fourth-order valence-electron chi connectivity index (χ4n) is 4.22. The summed E-state index contributed by atoms with van der Waals surface area (Å²) in [6, 6.07) is 1.73. The molecule has 7 nitrogen and oxygen atoms in total. The van der Waals surface area contributed by atoms with Crippen molar-refractivity contribution in [1.29, 1.82) is 0 Å². The molecule has 148 valence electrons. The van der Waals surface area contributed by atoms with Gasteiger partial charge < -0.3 is 19.0 Å². The van der Waals surface area contributed by atoms with Gasteiger partial charge in [-0.05, 0) is 45.6 Å². The normalized spacial score (nSPS) is 22.3. The SMILES string of the molecule is CC(=O)OCC1(CC(=O)N2CCCC2)CCCN1C(=O)c1cc(C)oc1C. The molecule has 0 aromatic carbocycles. The zero-order chi connectivity index (χ0) is 19.6. The van der Waals surface area contributed by atoms with Gasteiger partial charge in [0.25, 0.3) is 5.91 Å². The number of hydrogen-bond acceptors (Lipinski definition) is 5. The van der Waals surface area contributed by atoms with Gasteiger partial charge in [0.05, 0.1) is 17.5 Å². The highest BCUT2D eigenvalue weighted by Crippen LogP contribution is 2.36. The van der Waals surface area contributed by atoms with E-state index in [1.807, 2.05) is 4.90 Å². The summed E-state index contributed by atoms with van der Waals surface area (Å²) in [6.45, 7) is 7.02. The molecule has 1 aromatic heterocycles. The first-order chi connectivity index (χ1) is 12.8. The summed E-state index contributed by atoms with van der Waals surface area (Å²) in [7, 11) is 0. The van der Waals surface area contributed by atoms with Gasteiger partial charge in [-0.3, -0.25) is 14.4 Å². The second-order valence-corrected chi connectivity index (χ2v) is 7.66. The molecule has 0 aliphatic carbocycles. The lowest BCUT2D eigenvalue weighted by Gasteiger charge is -2.38. The van der Waals surface area contributed by atoms with Crippen LogP contribution in [0.1, 0.15) is 60.9 Å². The van der Waals surface area contributed by atoms with Crippen molar-refractivity contribution in [2.75, 3.05) is 26.2 Å². The summed E-state index contributed by atoms with van der Waals surface area (Å²) in [5.41, 5.74) is -0.282. The summed E-state index contributed by atoms with van der Waals surface area (Å²) in [5, 5.41) is 0. The zero-order valence-corrected chi connectivity index (χ0v) is 16.4. The molecule has 3 heterocycles. The smallest absolute Gasteiger partial charge is 0.302 e. The third kappa shape index (κ3) is 4.01. The van der Waals surface area contributed by atoms with Crippen LogP contribution >= 0.6 is 0 Å². The number of likely N-dealkylation sites (tertiary alicyclic amines) is 2. The van der Waals surface area contributed by atoms with Crippen LogP contribution in [0, 0.1) is 13.8 Å². The Labute approximate surface area is 159 Å². The molecule has 0 spiro atoms. The van der Waals surface area contributed by atoms with Crippen molar-refractivity contribution in [3.05, 3.63) is 23.2 Å². The molecule has 0 radical (unpaired) electrons. The van der Waals surface area contributed by atoms with Gasteiger partial charge in [-0.25, -0.2) is 0 Å². The predicted molar refractivity (Wildman–Crippen MR) is 98.2 cm³/mol. The highest BCUT2D eigenvalue weighted by Gasteiger charge is 2.47. The Morgan fingerprint density at radius 2 is 1.85 bits per heavy atom. The number of carbonyl (C=O) groups is 3. The van der Waals surface area contributed by atoms with Gasteiger partial charge >= 0.3 is 5.97 Å². The largest absolute Gasteiger partial charge is 0.466 e. The molecule has 2 fully saturated rings. The van der Waals surface area contributed by atoms with E-state index in [1.54, 1.807) is 24.8 Å². The third-order valence-electron chi connectivity index (χ3n) is 5.60. The number of nitrogens with zero attached hydrogens (tertiary/aromatic N) is 2. The first-order valence-electron chi connectivity index (χ1n) is 9.62. The molecule has 0 saturated carbocycles. The number of aryl methyl sites for hydroxylation is 2. The van der Waals surface area contributed by atoms with Crippen LogP contribution in [0.5, 0.6) is 0 Å². The predicted octanol–water partition coefficient (Wildman–Crippen LogP) is 2.45. The summed E-state index contributed by atoms with van der Waals surface area (Å²) in [5.74, 6) is 0.700. The van der Waals surface area contributed by atoms with E-state index < -0.39 is 11.5 Å². The van der Waals surface area contributed by atoms with Gasteiger partial charge in [-0.2, -0.15) is 0 Å². The topological polar surface area (TPSA) is 80.1 Å². The molecule has 1 aromatic rings. The minimum absolute atomic E-state index is 0.0273. The summed E-state index contributed by atoms with van der Waals surface area (Å²) < 4.78 is 10.8. The molecule has 0 N–H and O–H groups in total. The molecule has 7 heteroatoms. The van der Waals surface area contributed by atoms with Gasteiger partial charge in [-0.1, -0.05) is 0 Å². The van der Waals surface area contributed by atoms with E-state index >= 15 is 0 Å². The van der Waals surface area contributed by atoms with Crippen LogP contribution in [0.3, 0.4) is 0 Å². The second-order valence-electron chi connectivity index (χ2n) is 7.66. The van der Waals surface area contributed by atoms with E-state index in [0.29, 0.717) is 30.0 Å². The molecule has 1 unspecified atom stereocenters. The van der Waals surface area contributed by atoms with Gasteiger partial charge in [0.2, 0.25) is 5.91 Å². The number of carbonyl (C=O) groups excluding carboxylic acids is 3. The van der Waals surface area contributed by atoms with Gasteiger partial charge in [0.1, 0.15) is 18.1 Å². The van der Waals surface area contributed by atoms with Crippen molar-refractivity contribution in [3.8, 4) is 0 Å². The van der Waals surface area contributed by atoms with Crippen LogP contribution in [0.15, 0.2) is 10.5 Å². The van der Waals surface area contributed by atoms with Crippen LogP contribution in [0.25, 0.3) is 0 Å². The summed E-state index contributed by atoms with van der Waals surface area (Å²) in [6.07, 6.45) is 3.62.